The predicted molar refractivity (Wildman–Crippen MR) is 113 cm³/mol. The summed E-state index contributed by atoms with van der Waals surface area (Å²) in [5.74, 6) is 0.846. The Balaban J connectivity index is 1.55. The average Bonchev–Trinajstić information content (AvgIpc) is 2.72. The molecule has 1 fully saturated rings. The predicted octanol–water partition coefficient (Wildman–Crippen LogP) is 4.98. The quantitative estimate of drug-likeness (QED) is 0.362. The number of unbranched alkanes of at least 4 members (excludes halogenated alkanes) is 3. The molecular formula is C24H38O5. The molecular weight excluding hydrogens is 368 g/mol. The van der Waals surface area contributed by atoms with Gasteiger partial charge in [-0.2, -0.15) is 0 Å². The second-order valence-electron chi connectivity index (χ2n) is 8.25. The molecule has 5 nitrogen and oxygen atoms in total. The van der Waals surface area contributed by atoms with Gasteiger partial charge in [-0.25, -0.2) is 0 Å². The highest BCUT2D eigenvalue weighted by molar-refractivity contribution is 5.65. The smallest absolute Gasteiger partial charge is 0.302 e. The van der Waals surface area contributed by atoms with E-state index in [2.05, 4.69) is 32.9 Å². The first-order valence-corrected chi connectivity index (χ1v) is 11.0. The van der Waals surface area contributed by atoms with Crippen molar-refractivity contribution < 1.29 is 23.7 Å². The molecule has 1 aliphatic rings. The summed E-state index contributed by atoms with van der Waals surface area (Å²) >= 11 is 0. The Labute approximate surface area is 176 Å². The third kappa shape index (κ3) is 8.45. The average molecular weight is 407 g/mol. The molecule has 1 aromatic rings. The molecule has 0 bridgehead atoms. The Morgan fingerprint density at radius 1 is 0.931 bits per heavy atom. The van der Waals surface area contributed by atoms with E-state index in [0.717, 1.165) is 32.3 Å². The van der Waals surface area contributed by atoms with Crippen LogP contribution in [0.25, 0.3) is 0 Å². The van der Waals surface area contributed by atoms with Gasteiger partial charge in [0, 0.05) is 26.1 Å². The summed E-state index contributed by atoms with van der Waals surface area (Å²) in [5.41, 5.74) is 1.22. The van der Waals surface area contributed by atoms with Crippen LogP contribution in [0.2, 0.25) is 0 Å². The largest absolute Gasteiger partial charge is 0.463 e. The summed E-state index contributed by atoms with van der Waals surface area (Å²) in [6.45, 7) is 10.5. The van der Waals surface area contributed by atoms with Crippen molar-refractivity contribution in [2.45, 2.75) is 72.4 Å². The zero-order chi connectivity index (χ0) is 21.1. The maximum absolute atomic E-state index is 11.1. The van der Waals surface area contributed by atoms with Gasteiger partial charge in [0.05, 0.1) is 12.7 Å². The van der Waals surface area contributed by atoms with Crippen LogP contribution in [-0.4, -0.2) is 38.2 Å². The maximum Gasteiger partial charge on any atom is 0.302 e. The van der Waals surface area contributed by atoms with Crippen LogP contribution >= 0.6 is 0 Å². The lowest BCUT2D eigenvalue weighted by molar-refractivity contribution is -0.255. The highest BCUT2D eigenvalue weighted by Crippen LogP contribution is 2.35. The first kappa shape index (κ1) is 23.8. The Morgan fingerprint density at radius 3 is 2.31 bits per heavy atom. The van der Waals surface area contributed by atoms with E-state index in [1.54, 1.807) is 0 Å². The fourth-order valence-electron chi connectivity index (χ4n) is 3.69. The van der Waals surface area contributed by atoms with Gasteiger partial charge in [0.25, 0.3) is 0 Å². The highest BCUT2D eigenvalue weighted by Gasteiger charge is 2.39. The van der Waals surface area contributed by atoms with Gasteiger partial charge in [-0.1, -0.05) is 63.9 Å². The fraction of sp³-hybridized carbons (Fsp3) is 0.708. The van der Waals surface area contributed by atoms with Gasteiger partial charge in [-0.05, 0) is 30.2 Å². The van der Waals surface area contributed by atoms with E-state index in [1.165, 1.54) is 12.5 Å². The summed E-state index contributed by atoms with van der Waals surface area (Å²) in [5, 5.41) is 0. The molecule has 0 amide bonds. The van der Waals surface area contributed by atoms with Gasteiger partial charge in [-0.15, -0.1) is 0 Å². The number of hydrogen-bond donors (Lipinski definition) is 0. The summed E-state index contributed by atoms with van der Waals surface area (Å²) in [6, 6.07) is 10.3. The van der Waals surface area contributed by atoms with Crippen LogP contribution in [0.1, 0.15) is 58.9 Å². The summed E-state index contributed by atoms with van der Waals surface area (Å²) in [4.78, 5) is 11.1. The van der Waals surface area contributed by atoms with E-state index in [-0.39, 0.29) is 18.4 Å². The molecule has 1 heterocycles. The number of esters is 1. The van der Waals surface area contributed by atoms with Gasteiger partial charge in [-0.3, -0.25) is 4.79 Å². The number of carbonyl (C=O) groups is 1. The molecule has 0 N–H and O–H groups in total. The number of hydrogen-bond acceptors (Lipinski definition) is 5. The van der Waals surface area contributed by atoms with Crippen molar-refractivity contribution in [3.05, 3.63) is 35.9 Å². The van der Waals surface area contributed by atoms with Gasteiger partial charge in [0.1, 0.15) is 6.61 Å². The number of benzene rings is 1. The SMILES string of the molecule is CC(=O)OCC1O[C@@H](OCCCCCCOCc2ccccc2)C(C)[C@@H](C)[C@H]1C. The van der Waals surface area contributed by atoms with E-state index in [9.17, 15) is 4.79 Å². The zero-order valence-electron chi connectivity index (χ0n) is 18.5. The molecule has 0 aliphatic carbocycles. The van der Waals surface area contributed by atoms with Gasteiger partial charge >= 0.3 is 5.97 Å². The van der Waals surface area contributed by atoms with Crippen molar-refractivity contribution in [1.82, 2.24) is 0 Å². The molecule has 1 aliphatic heterocycles. The van der Waals surface area contributed by atoms with Crippen molar-refractivity contribution in [2.24, 2.45) is 17.8 Å². The van der Waals surface area contributed by atoms with E-state index in [0.29, 0.717) is 37.6 Å². The Bertz CT molecular complexity index is 576. The number of carbonyl (C=O) groups excluding carboxylic acids is 1. The second-order valence-corrected chi connectivity index (χ2v) is 8.25. The van der Waals surface area contributed by atoms with Crippen molar-refractivity contribution in [3.8, 4) is 0 Å². The molecule has 5 heteroatoms. The molecule has 2 rings (SSSR count). The van der Waals surface area contributed by atoms with Crippen molar-refractivity contribution >= 4 is 5.97 Å². The minimum absolute atomic E-state index is 0.100. The van der Waals surface area contributed by atoms with Crippen molar-refractivity contribution in [2.75, 3.05) is 19.8 Å². The standard InChI is InChI=1S/C24H38O5/c1-18-19(2)23(17-28-21(4)25)29-24(20(18)3)27-15-11-6-5-10-14-26-16-22-12-8-7-9-13-22/h7-9,12-13,18-20,23-24H,5-6,10-11,14-17H2,1-4H3/t18-,19+,20?,23?,24+/m0/s1. The van der Waals surface area contributed by atoms with Crippen LogP contribution in [0, 0.1) is 17.8 Å². The fourth-order valence-corrected chi connectivity index (χ4v) is 3.69. The van der Waals surface area contributed by atoms with E-state index in [4.69, 9.17) is 18.9 Å². The highest BCUT2D eigenvalue weighted by atomic mass is 16.7. The lowest BCUT2D eigenvalue weighted by Crippen LogP contribution is -2.47. The third-order valence-corrected chi connectivity index (χ3v) is 6.01. The van der Waals surface area contributed by atoms with Crippen LogP contribution in [0.15, 0.2) is 30.3 Å². The van der Waals surface area contributed by atoms with Crippen LogP contribution in [0.5, 0.6) is 0 Å². The zero-order valence-corrected chi connectivity index (χ0v) is 18.5. The summed E-state index contributed by atoms with van der Waals surface area (Å²) in [7, 11) is 0. The van der Waals surface area contributed by atoms with E-state index >= 15 is 0 Å². The lowest BCUT2D eigenvalue weighted by atomic mass is 9.79. The molecule has 0 spiro atoms. The van der Waals surface area contributed by atoms with Gasteiger partial charge in [0.2, 0.25) is 0 Å². The second kappa shape index (κ2) is 13.0. The molecule has 29 heavy (non-hydrogen) atoms. The minimum Gasteiger partial charge on any atom is -0.463 e. The number of ether oxygens (including phenoxy) is 4. The number of rotatable bonds is 12. The monoisotopic (exact) mass is 406 g/mol. The van der Waals surface area contributed by atoms with Crippen LogP contribution in [0.4, 0.5) is 0 Å². The molecule has 0 radical (unpaired) electrons. The molecule has 1 aromatic carbocycles. The van der Waals surface area contributed by atoms with E-state index in [1.807, 2.05) is 18.2 Å². The van der Waals surface area contributed by atoms with Gasteiger partial charge in [0.15, 0.2) is 6.29 Å². The molecule has 5 atom stereocenters. The maximum atomic E-state index is 11.1. The normalized spacial score (nSPS) is 27.0. The van der Waals surface area contributed by atoms with Gasteiger partial charge < -0.3 is 18.9 Å². The minimum atomic E-state index is -0.266. The summed E-state index contributed by atoms with van der Waals surface area (Å²) < 4.78 is 23.0. The van der Waals surface area contributed by atoms with E-state index < -0.39 is 0 Å². The lowest BCUT2D eigenvalue weighted by Gasteiger charge is -2.43. The van der Waals surface area contributed by atoms with Crippen molar-refractivity contribution in [3.63, 3.8) is 0 Å². The molecule has 1 saturated heterocycles. The Kier molecular flexibility index (Phi) is 10.7. The van der Waals surface area contributed by atoms with Crippen molar-refractivity contribution in [1.29, 1.82) is 0 Å². The molecule has 0 saturated carbocycles. The summed E-state index contributed by atoms with van der Waals surface area (Å²) in [6.07, 6.45) is 4.03. The topological polar surface area (TPSA) is 54.0 Å². The molecule has 0 aromatic heterocycles. The van der Waals surface area contributed by atoms with Crippen LogP contribution in [-0.2, 0) is 30.3 Å². The molecule has 2 unspecified atom stereocenters. The molecule has 164 valence electrons. The Morgan fingerprint density at radius 2 is 1.62 bits per heavy atom. The Hall–Kier alpha value is -1.43. The van der Waals surface area contributed by atoms with Crippen LogP contribution < -0.4 is 0 Å². The first-order chi connectivity index (χ1) is 14.0. The third-order valence-electron chi connectivity index (χ3n) is 6.01. The van der Waals surface area contributed by atoms with Crippen LogP contribution in [0.3, 0.4) is 0 Å². The first-order valence-electron chi connectivity index (χ1n) is 11.0.